The van der Waals surface area contributed by atoms with Gasteiger partial charge in [-0.3, -0.25) is 4.90 Å². The average Bonchev–Trinajstić information content (AvgIpc) is 3.06. The molecule has 0 aromatic heterocycles. The van der Waals surface area contributed by atoms with Crippen molar-refractivity contribution in [3.8, 4) is 0 Å². The van der Waals surface area contributed by atoms with Gasteiger partial charge < -0.3 is 5.32 Å². The lowest BCUT2D eigenvalue weighted by atomic mass is 10.2. The first-order valence-corrected chi connectivity index (χ1v) is 9.59. The summed E-state index contributed by atoms with van der Waals surface area (Å²) >= 11 is 0. The summed E-state index contributed by atoms with van der Waals surface area (Å²) in [5.74, 6) is 0. The van der Waals surface area contributed by atoms with Crippen molar-refractivity contribution in [1.82, 2.24) is 14.5 Å². The zero-order chi connectivity index (χ0) is 15.6. The second-order valence-corrected chi connectivity index (χ2v) is 7.96. The van der Waals surface area contributed by atoms with E-state index < -0.39 is 10.0 Å². The summed E-state index contributed by atoms with van der Waals surface area (Å²) in [6, 6.07) is 7.75. The summed E-state index contributed by atoms with van der Waals surface area (Å²) in [4.78, 5) is 2.91. The number of nitrogens with zero attached hydrogens (tertiary/aromatic N) is 2. The van der Waals surface area contributed by atoms with Gasteiger partial charge in [0.15, 0.2) is 0 Å². The monoisotopic (exact) mass is 323 g/mol. The number of sulfonamides is 1. The zero-order valence-electron chi connectivity index (χ0n) is 13.2. The summed E-state index contributed by atoms with van der Waals surface area (Å²) in [5, 5.41) is 3.35. The number of rotatable bonds is 4. The molecule has 22 heavy (non-hydrogen) atoms. The van der Waals surface area contributed by atoms with Crippen molar-refractivity contribution in [2.24, 2.45) is 0 Å². The molecule has 2 fully saturated rings. The largest absolute Gasteiger partial charge is 0.314 e. The van der Waals surface area contributed by atoms with E-state index in [-0.39, 0.29) is 0 Å². The smallest absolute Gasteiger partial charge is 0.243 e. The molecule has 1 atom stereocenters. The van der Waals surface area contributed by atoms with Crippen molar-refractivity contribution in [2.75, 3.05) is 39.3 Å². The highest BCUT2D eigenvalue weighted by atomic mass is 32.2. The van der Waals surface area contributed by atoms with E-state index >= 15 is 0 Å². The highest BCUT2D eigenvalue weighted by Crippen LogP contribution is 2.26. The summed E-state index contributed by atoms with van der Waals surface area (Å²) in [7, 11) is -3.36. The molecule has 0 aliphatic carbocycles. The van der Waals surface area contributed by atoms with Crippen LogP contribution in [0.3, 0.4) is 0 Å². The van der Waals surface area contributed by atoms with Crippen molar-refractivity contribution in [3.63, 3.8) is 0 Å². The van der Waals surface area contributed by atoms with Crippen LogP contribution in [-0.4, -0.2) is 62.9 Å². The molecule has 0 bridgehead atoms. The third kappa shape index (κ3) is 3.06. The van der Waals surface area contributed by atoms with E-state index in [1.807, 2.05) is 25.1 Å². The van der Waals surface area contributed by atoms with Crippen LogP contribution in [0, 0.1) is 0 Å². The Morgan fingerprint density at radius 1 is 1.18 bits per heavy atom. The van der Waals surface area contributed by atoms with Gasteiger partial charge in [-0.25, -0.2) is 8.42 Å². The van der Waals surface area contributed by atoms with Gasteiger partial charge in [0.2, 0.25) is 10.0 Å². The van der Waals surface area contributed by atoms with Gasteiger partial charge in [-0.15, -0.1) is 0 Å². The molecule has 1 N–H and O–H groups in total. The molecule has 2 heterocycles. The van der Waals surface area contributed by atoms with Crippen LogP contribution in [0.1, 0.15) is 18.9 Å². The molecule has 1 aromatic carbocycles. The Bertz CT molecular complexity index is 612. The maximum Gasteiger partial charge on any atom is 0.243 e. The molecule has 2 aliphatic heterocycles. The van der Waals surface area contributed by atoms with Gasteiger partial charge in [0, 0.05) is 45.3 Å². The van der Waals surface area contributed by atoms with Gasteiger partial charge >= 0.3 is 0 Å². The van der Waals surface area contributed by atoms with E-state index in [0.29, 0.717) is 24.0 Å². The first kappa shape index (κ1) is 15.9. The number of piperazine rings is 1. The molecule has 2 saturated heterocycles. The molecular weight excluding hydrogens is 298 g/mol. The highest BCUT2D eigenvalue weighted by molar-refractivity contribution is 7.89. The minimum absolute atomic E-state index is 0.366. The van der Waals surface area contributed by atoms with Crippen LogP contribution < -0.4 is 5.32 Å². The van der Waals surface area contributed by atoms with Gasteiger partial charge in [0.05, 0.1) is 4.90 Å². The van der Waals surface area contributed by atoms with Crippen molar-refractivity contribution in [1.29, 1.82) is 0 Å². The summed E-state index contributed by atoms with van der Waals surface area (Å²) in [6.45, 7) is 7.30. The van der Waals surface area contributed by atoms with Crippen LogP contribution in [0.25, 0.3) is 0 Å². The van der Waals surface area contributed by atoms with E-state index in [4.69, 9.17) is 0 Å². The van der Waals surface area contributed by atoms with Crippen molar-refractivity contribution >= 4 is 10.0 Å². The van der Waals surface area contributed by atoms with E-state index in [2.05, 4.69) is 10.2 Å². The summed E-state index contributed by atoms with van der Waals surface area (Å²) < 4.78 is 27.5. The van der Waals surface area contributed by atoms with Crippen LogP contribution in [0.4, 0.5) is 0 Å². The first-order chi connectivity index (χ1) is 10.6. The minimum Gasteiger partial charge on any atom is -0.314 e. The van der Waals surface area contributed by atoms with Crippen LogP contribution in [0.5, 0.6) is 0 Å². The van der Waals surface area contributed by atoms with Crippen LogP contribution in [0.2, 0.25) is 0 Å². The maximum atomic E-state index is 12.9. The molecule has 3 rings (SSSR count). The molecule has 2 aliphatic rings. The summed E-state index contributed by atoms with van der Waals surface area (Å²) in [6.07, 6.45) is 1.68. The average molecular weight is 323 g/mol. The van der Waals surface area contributed by atoms with Gasteiger partial charge in [0.1, 0.15) is 0 Å². The lowest BCUT2D eigenvalue weighted by molar-refractivity contribution is 0.179. The van der Waals surface area contributed by atoms with Crippen molar-refractivity contribution in [3.05, 3.63) is 29.8 Å². The minimum atomic E-state index is -3.36. The fourth-order valence-electron chi connectivity index (χ4n) is 3.46. The van der Waals surface area contributed by atoms with Crippen molar-refractivity contribution in [2.45, 2.75) is 30.7 Å². The van der Waals surface area contributed by atoms with Gasteiger partial charge in [-0.1, -0.05) is 25.1 Å². The quantitative estimate of drug-likeness (QED) is 0.895. The number of hydrogen-bond donors (Lipinski definition) is 1. The van der Waals surface area contributed by atoms with Gasteiger partial charge in [0.25, 0.3) is 0 Å². The molecule has 6 heteroatoms. The molecule has 0 spiro atoms. The second-order valence-electron chi connectivity index (χ2n) is 6.05. The molecule has 0 saturated carbocycles. The van der Waals surface area contributed by atoms with E-state index in [0.717, 1.165) is 44.6 Å². The third-order valence-electron chi connectivity index (χ3n) is 4.77. The Kier molecular flexibility index (Phi) is 4.82. The van der Waals surface area contributed by atoms with Crippen molar-refractivity contribution < 1.29 is 8.42 Å². The van der Waals surface area contributed by atoms with E-state index in [1.54, 1.807) is 10.4 Å². The molecule has 1 aromatic rings. The fraction of sp³-hybridized carbons (Fsp3) is 0.625. The molecule has 0 radical (unpaired) electrons. The second kappa shape index (κ2) is 6.66. The van der Waals surface area contributed by atoms with Gasteiger partial charge in [-0.05, 0) is 24.5 Å². The normalized spacial score (nSPS) is 24.7. The predicted molar refractivity (Wildman–Crippen MR) is 87.4 cm³/mol. The highest BCUT2D eigenvalue weighted by Gasteiger charge is 2.36. The fourth-order valence-corrected chi connectivity index (χ4v) is 5.25. The Labute approximate surface area is 133 Å². The first-order valence-electron chi connectivity index (χ1n) is 8.15. The number of hydrogen-bond acceptors (Lipinski definition) is 4. The van der Waals surface area contributed by atoms with Gasteiger partial charge in [-0.2, -0.15) is 4.31 Å². The Hall–Kier alpha value is -0.950. The molecule has 0 amide bonds. The van der Waals surface area contributed by atoms with E-state index in [1.165, 1.54) is 0 Å². The Balaban J connectivity index is 1.76. The predicted octanol–water partition coefficient (Wildman–Crippen LogP) is 0.917. The lowest BCUT2D eigenvalue weighted by Gasteiger charge is -2.32. The topological polar surface area (TPSA) is 52.7 Å². The van der Waals surface area contributed by atoms with Crippen LogP contribution in [-0.2, 0) is 16.4 Å². The lowest BCUT2D eigenvalue weighted by Crippen LogP contribution is -2.49. The van der Waals surface area contributed by atoms with E-state index in [9.17, 15) is 8.42 Å². The zero-order valence-corrected chi connectivity index (χ0v) is 14.0. The molecule has 1 unspecified atom stereocenters. The maximum absolute atomic E-state index is 12.9. The molecule has 122 valence electrons. The number of benzene rings is 1. The molecule has 5 nitrogen and oxygen atoms in total. The summed E-state index contributed by atoms with van der Waals surface area (Å²) in [5.41, 5.74) is 0.910. The van der Waals surface area contributed by atoms with Crippen LogP contribution in [0.15, 0.2) is 29.2 Å². The Morgan fingerprint density at radius 3 is 2.64 bits per heavy atom. The standard InChI is InChI=1S/C16H25N3O2S/c1-2-14-5-3-4-6-16(14)22(20,21)19-10-7-15(13-19)18-11-8-17-9-12-18/h3-6,15,17H,2,7-13H2,1H3. The third-order valence-corrected chi connectivity index (χ3v) is 6.73. The SMILES string of the molecule is CCc1ccccc1S(=O)(=O)N1CCC(N2CCNCC2)C1. The Morgan fingerprint density at radius 2 is 1.91 bits per heavy atom. The van der Waals surface area contributed by atoms with Crippen LogP contribution >= 0.6 is 0 Å². The number of aryl methyl sites for hydroxylation is 1. The number of nitrogens with one attached hydrogen (secondary N) is 1. The molecular formula is C16H25N3O2S.